The number of nitrogens with zero attached hydrogens (tertiary/aromatic N) is 2. The molecule has 0 atom stereocenters. The molecule has 3 heteroatoms. The quantitative estimate of drug-likeness (QED) is 0.132. The van der Waals surface area contributed by atoms with Gasteiger partial charge in [-0.05, 0) is 120 Å². The Hall–Kier alpha value is -7.07. The molecular formula is C53H39N3. The van der Waals surface area contributed by atoms with Crippen molar-refractivity contribution in [3.8, 4) is 44.8 Å². The SMILES string of the molecule is C/C=C(\C=C/CN)n1c(-c2ccc(-c3ccc4c(-c5ccc6ccccc6c5)c5ccccc5c(-c5ccc6ccccc6c5)c4c3)cc2)nc2ccccc21. The molecule has 9 aromatic carbocycles. The van der Waals surface area contributed by atoms with E-state index in [1.807, 2.05) is 12.1 Å². The maximum Gasteiger partial charge on any atom is 0.145 e. The predicted octanol–water partition coefficient (Wildman–Crippen LogP) is 13.7. The van der Waals surface area contributed by atoms with E-state index in [4.69, 9.17) is 10.7 Å². The van der Waals surface area contributed by atoms with Crippen LogP contribution >= 0.6 is 0 Å². The summed E-state index contributed by atoms with van der Waals surface area (Å²) in [5.74, 6) is 0.899. The van der Waals surface area contributed by atoms with Crippen LogP contribution in [0.1, 0.15) is 6.92 Å². The van der Waals surface area contributed by atoms with Gasteiger partial charge in [0.15, 0.2) is 0 Å². The molecule has 0 fully saturated rings. The summed E-state index contributed by atoms with van der Waals surface area (Å²) >= 11 is 0. The van der Waals surface area contributed by atoms with Crippen LogP contribution in [0.3, 0.4) is 0 Å². The highest BCUT2D eigenvalue weighted by atomic mass is 15.1. The van der Waals surface area contributed by atoms with Crippen molar-refractivity contribution < 1.29 is 0 Å². The fourth-order valence-electron chi connectivity index (χ4n) is 8.45. The van der Waals surface area contributed by atoms with Gasteiger partial charge in [-0.2, -0.15) is 0 Å². The lowest BCUT2D eigenvalue weighted by Crippen LogP contribution is -2.00. The summed E-state index contributed by atoms with van der Waals surface area (Å²) in [5, 5.41) is 9.92. The second-order valence-electron chi connectivity index (χ2n) is 14.4. The van der Waals surface area contributed by atoms with Crippen molar-refractivity contribution in [2.45, 2.75) is 6.92 Å². The lowest BCUT2D eigenvalue weighted by molar-refractivity contribution is 1.14. The summed E-state index contributed by atoms with van der Waals surface area (Å²) < 4.78 is 2.22. The van der Waals surface area contributed by atoms with Gasteiger partial charge in [0, 0.05) is 17.8 Å². The Bertz CT molecular complexity index is 3180. The van der Waals surface area contributed by atoms with Crippen LogP contribution in [0.5, 0.6) is 0 Å². The molecular weight excluding hydrogens is 679 g/mol. The molecule has 10 rings (SSSR count). The van der Waals surface area contributed by atoms with E-state index < -0.39 is 0 Å². The first-order valence-corrected chi connectivity index (χ1v) is 19.3. The van der Waals surface area contributed by atoms with Crippen molar-refractivity contribution in [1.29, 1.82) is 0 Å². The van der Waals surface area contributed by atoms with Gasteiger partial charge in [-0.1, -0.05) is 158 Å². The summed E-state index contributed by atoms with van der Waals surface area (Å²) in [4.78, 5) is 5.11. The van der Waals surface area contributed by atoms with E-state index in [9.17, 15) is 0 Å². The molecule has 3 nitrogen and oxygen atoms in total. The Morgan fingerprint density at radius 1 is 0.500 bits per heavy atom. The second kappa shape index (κ2) is 14.0. The molecule has 266 valence electrons. The Balaban J connectivity index is 1.18. The van der Waals surface area contributed by atoms with Crippen LogP contribution < -0.4 is 5.73 Å². The van der Waals surface area contributed by atoms with Gasteiger partial charge < -0.3 is 5.73 Å². The number of benzene rings is 9. The molecule has 1 heterocycles. The maximum atomic E-state index is 5.86. The lowest BCUT2D eigenvalue weighted by Gasteiger charge is -2.19. The van der Waals surface area contributed by atoms with E-state index in [2.05, 4.69) is 194 Å². The fraction of sp³-hybridized carbons (Fsp3) is 0.0377. The topological polar surface area (TPSA) is 43.8 Å². The van der Waals surface area contributed by atoms with Gasteiger partial charge in [-0.3, -0.25) is 4.57 Å². The monoisotopic (exact) mass is 717 g/mol. The minimum Gasteiger partial charge on any atom is -0.327 e. The van der Waals surface area contributed by atoms with Gasteiger partial charge in [0.05, 0.1) is 11.0 Å². The van der Waals surface area contributed by atoms with Crippen molar-refractivity contribution in [3.05, 3.63) is 194 Å². The standard InChI is InChI=1S/C53H39N3/c1-2-44(16-11-31-54)56-50-20-10-9-19-49(50)55-53(56)38-25-21-37(22-26-38)41-29-30-47-48(34-41)52(43-28-24-36-13-4-6-15-40(36)33-43)46-18-8-7-17-45(46)51(47)42-27-23-35-12-3-5-14-39(35)32-42/h2-30,32-34H,31,54H2,1H3/b16-11-,44-2+. The molecule has 0 radical (unpaired) electrons. The van der Waals surface area contributed by atoms with Gasteiger partial charge >= 0.3 is 0 Å². The minimum atomic E-state index is 0.474. The van der Waals surface area contributed by atoms with Gasteiger partial charge in [-0.15, -0.1) is 0 Å². The van der Waals surface area contributed by atoms with E-state index in [0.29, 0.717) is 6.54 Å². The number of para-hydroxylation sites is 2. The summed E-state index contributed by atoms with van der Waals surface area (Å²) in [6, 6.07) is 64.1. The molecule has 10 aromatic rings. The van der Waals surface area contributed by atoms with Crippen molar-refractivity contribution in [2.75, 3.05) is 6.54 Å². The molecule has 0 aliphatic rings. The summed E-state index contributed by atoms with van der Waals surface area (Å²) in [7, 11) is 0. The highest BCUT2D eigenvalue weighted by molar-refractivity contribution is 6.22. The number of fused-ring (bicyclic) bond motifs is 5. The fourth-order valence-corrected chi connectivity index (χ4v) is 8.45. The van der Waals surface area contributed by atoms with Gasteiger partial charge in [0.1, 0.15) is 5.82 Å². The van der Waals surface area contributed by atoms with Gasteiger partial charge in [0.2, 0.25) is 0 Å². The van der Waals surface area contributed by atoms with Gasteiger partial charge in [0.25, 0.3) is 0 Å². The van der Waals surface area contributed by atoms with E-state index in [1.165, 1.54) is 70.9 Å². The molecule has 0 aliphatic carbocycles. The van der Waals surface area contributed by atoms with Crippen LogP contribution in [0.15, 0.2) is 194 Å². The number of hydrogen-bond donors (Lipinski definition) is 1. The average Bonchev–Trinajstić information content (AvgIpc) is 3.65. The molecule has 0 saturated heterocycles. The average molecular weight is 718 g/mol. The van der Waals surface area contributed by atoms with E-state index in [-0.39, 0.29) is 0 Å². The van der Waals surface area contributed by atoms with Crippen molar-refractivity contribution in [2.24, 2.45) is 5.73 Å². The zero-order valence-corrected chi connectivity index (χ0v) is 31.2. The van der Waals surface area contributed by atoms with E-state index in [0.717, 1.165) is 33.7 Å². The molecule has 2 N–H and O–H groups in total. The second-order valence-corrected chi connectivity index (χ2v) is 14.4. The van der Waals surface area contributed by atoms with Gasteiger partial charge in [-0.25, -0.2) is 4.98 Å². The normalized spacial score (nSPS) is 12.2. The Kier molecular flexibility index (Phi) is 8.36. The first-order chi connectivity index (χ1) is 27.7. The van der Waals surface area contributed by atoms with Crippen LogP contribution in [0.4, 0.5) is 0 Å². The lowest BCUT2D eigenvalue weighted by atomic mass is 9.84. The summed E-state index contributed by atoms with van der Waals surface area (Å²) in [5.41, 5.74) is 17.2. The molecule has 0 saturated carbocycles. The van der Waals surface area contributed by atoms with Crippen LogP contribution in [0.2, 0.25) is 0 Å². The van der Waals surface area contributed by atoms with Crippen LogP contribution in [0, 0.1) is 0 Å². The molecule has 0 spiro atoms. The smallest absolute Gasteiger partial charge is 0.145 e. The molecule has 56 heavy (non-hydrogen) atoms. The third-order valence-corrected chi connectivity index (χ3v) is 11.1. The highest BCUT2D eigenvalue weighted by Gasteiger charge is 2.19. The number of rotatable bonds is 7. The van der Waals surface area contributed by atoms with Crippen molar-refractivity contribution >= 4 is 59.8 Å². The van der Waals surface area contributed by atoms with Crippen LogP contribution in [0.25, 0.3) is 105 Å². The molecule has 0 unspecified atom stereocenters. The molecule has 1 aromatic heterocycles. The summed E-state index contributed by atoms with van der Waals surface area (Å²) in [6.45, 7) is 2.53. The van der Waals surface area contributed by atoms with Crippen LogP contribution in [-0.2, 0) is 0 Å². The third kappa shape index (κ3) is 5.69. The number of imidazole rings is 1. The highest BCUT2D eigenvalue weighted by Crippen LogP contribution is 2.46. The summed E-state index contributed by atoms with van der Waals surface area (Å²) in [6.07, 6.45) is 6.16. The number of allylic oxidation sites excluding steroid dienone is 3. The Morgan fingerprint density at radius 2 is 1.02 bits per heavy atom. The number of nitrogens with two attached hydrogens (primary N) is 1. The van der Waals surface area contributed by atoms with Crippen molar-refractivity contribution in [3.63, 3.8) is 0 Å². The van der Waals surface area contributed by atoms with E-state index >= 15 is 0 Å². The maximum absolute atomic E-state index is 5.86. The molecule has 0 aliphatic heterocycles. The number of hydrogen-bond acceptors (Lipinski definition) is 2. The van der Waals surface area contributed by atoms with Crippen LogP contribution in [-0.4, -0.2) is 16.1 Å². The predicted molar refractivity (Wildman–Crippen MR) is 240 cm³/mol. The van der Waals surface area contributed by atoms with E-state index in [1.54, 1.807) is 0 Å². The first-order valence-electron chi connectivity index (χ1n) is 19.3. The first kappa shape index (κ1) is 33.5. The zero-order valence-electron chi connectivity index (χ0n) is 31.2. The zero-order chi connectivity index (χ0) is 37.6. The molecule has 0 bridgehead atoms. The minimum absolute atomic E-state index is 0.474. The Morgan fingerprint density at radius 3 is 1.66 bits per heavy atom. The molecule has 0 amide bonds. The largest absolute Gasteiger partial charge is 0.327 e. The van der Waals surface area contributed by atoms with Crippen molar-refractivity contribution in [1.82, 2.24) is 9.55 Å². The third-order valence-electron chi connectivity index (χ3n) is 11.1. The number of aromatic nitrogens is 2. The Labute approximate surface area is 326 Å².